The summed E-state index contributed by atoms with van der Waals surface area (Å²) >= 11 is 5.92. The van der Waals surface area contributed by atoms with E-state index in [-0.39, 0.29) is 16.7 Å². The Balaban J connectivity index is 1.56. The van der Waals surface area contributed by atoms with E-state index in [1.807, 2.05) is 26.8 Å². The van der Waals surface area contributed by atoms with Gasteiger partial charge in [0.05, 0.1) is 22.5 Å². The first kappa shape index (κ1) is 21.8. The van der Waals surface area contributed by atoms with Gasteiger partial charge in [0, 0.05) is 26.2 Å². The fraction of sp³-hybridized carbons (Fsp3) is 0.381. The summed E-state index contributed by atoms with van der Waals surface area (Å²) in [5.74, 6) is -0.617. The van der Waals surface area contributed by atoms with Crippen molar-refractivity contribution in [1.29, 1.82) is 0 Å². The van der Waals surface area contributed by atoms with Crippen LogP contribution in [-0.4, -0.2) is 53.7 Å². The normalized spacial score (nSPS) is 14.4. The van der Waals surface area contributed by atoms with Gasteiger partial charge in [0.2, 0.25) is 0 Å². The summed E-state index contributed by atoms with van der Waals surface area (Å²) in [5, 5.41) is 2.68. The third kappa shape index (κ3) is 5.60. The van der Waals surface area contributed by atoms with Gasteiger partial charge in [0.15, 0.2) is 0 Å². The Hall–Kier alpha value is -2.87. The SMILES string of the molecule is CC(C)(C)OC(=O)N1CCN(c2ccc(NC(=O)c3ccc(F)cc3Cl)nc2)CC1. The predicted octanol–water partition coefficient (Wildman–Crippen LogP) is 4.18. The molecule has 0 aliphatic carbocycles. The van der Waals surface area contributed by atoms with Gasteiger partial charge in [-0.2, -0.15) is 0 Å². The van der Waals surface area contributed by atoms with Crippen LogP contribution in [-0.2, 0) is 4.74 Å². The highest BCUT2D eigenvalue weighted by atomic mass is 35.5. The quantitative estimate of drug-likeness (QED) is 0.784. The zero-order valence-electron chi connectivity index (χ0n) is 17.1. The number of amides is 2. The second-order valence-electron chi connectivity index (χ2n) is 7.93. The molecule has 0 bridgehead atoms. The highest BCUT2D eigenvalue weighted by Gasteiger charge is 2.26. The van der Waals surface area contributed by atoms with Gasteiger partial charge in [-0.25, -0.2) is 14.2 Å². The molecule has 30 heavy (non-hydrogen) atoms. The van der Waals surface area contributed by atoms with Crippen molar-refractivity contribution in [2.45, 2.75) is 26.4 Å². The van der Waals surface area contributed by atoms with Gasteiger partial charge >= 0.3 is 6.09 Å². The van der Waals surface area contributed by atoms with Gasteiger partial charge in [0.25, 0.3) is 5.91 Å². The number of hydrogen-bond acceptors (Lipinski definition) is 5. The number of benzene rings is 1. The van der Waals surface area contributed by atoms with Crippen LogP contribution in [0.2, 0.25) is 5.02 Å². The second-order valence-corrected chi connectivity index (χ2v) is 8.34. The zero-order chi connectivity index (χ0) is 21.9. The number of ether oxygens (including phenoxy) is 1. The van der Waals surface area contributed by atoms with E-state index < -0.39 is 17.3 Å². The number of hydrogen-bond donors (Lipinski definition) is 1. The van der Waals surface area contributed by atoms with Gasteiger partial charge in [-0.05, 0) is 51.1 Å². The lowest BCUT2D eigenvalue weighted by Gasteiger charge is -2.36. The van der Waals surface area contributed by atoms with Crippen molar-refractivity contribution in [2.24, 2.45) is 0 Å². The lowest BCUT2D eigenvalue weighted by Crippen LogP contribution is -2.50. The summed E-state index contributed by atoms with van der Waals surface area (Å²) in [6.07, 6.45) is 1.35. The third-order valence-corrected chi connectivity index (χ3v) is 4.77. The molecular weight excluding hydrogens is 411 g/mol. The molecule has 2 amide bonds. The third-order valence-electron chi connectivity index (χ3n) is 4.46. The molecule has 2 aromatic rings. The van der Waals surface area contributed by atoms with Crippen molar-refractivity contribution in [3.8, 4) is 0 Å². The van der Waals surface area contributed by atoms with E-state index in [4.69, 9.17) is 16.3 Å². The van der Waals surface area contributed by atoms with E-state index in [0.717, 1.165) is 11.8 Å². The first-order valence-corrected chi connectivity index (χ1v) is 9.95. The Labute approximate surface area is 179 Å². The van der Waals surface area contributed by atoms with Gasteiger partial charge < -0.3 is 19.9 Å². The van der Waals surface area contributed by atoms with Crippen molar-refractivity contribution < 1.29 is 18.7 Å². The molecule has 160 valence electrons. The molecule has 0 saturated carbocycles. The average Bonchev–Trinajstić information content (AvgIpc) is 2.67. The number of halogens is 2. The van der Waals surface area contributed by atoms with Crippen LogP contribution in [0.4, 0.5) is 20.7 Å². The molecule has 1 N–H and O–H groups in total. The Morgan fingerprint density at radius 2 is 1.83 bits per heavy atom. The number of pyridine rings is 1. The first-order valence-electron chi connectivity index (χ1n) is 9.58. The molecule has 1 aromatic heterocycles. The van der Waals surface area contributed by atoms with Crippen LogP contribution in [0.25, 0.3) is 0 Å². The molecule has 1 aromatic carbocycles. The number of rotatable bonds is 3. The highest BCUT2D eigenvalue weighted by Crippen LogP contribution is 2.21. The smallest absolute Gasteiger partial charge is 0.410 e. The van der Waals surface area contributed by atoms with Crippen molar-refractivity contribution in [2.75, 3.05) is 36.4 Å². The lowest BCUT2D eigenvalue weighted by atomic mass is 10.2. The molecule has 0 radical (unpaired) electrons. The molecule has 1 fully saturated rings. The van der Waals surface area contributed by atoms with Crippen LogP contribution in [0.1, 0.15) is 31.1 Å². The molecule has 3 rings (SSSR count). The second kappa shape index (κ2) is 8.87. The van der Waals surface area contributed by atoms with Crippen LogP contribution in [0.3, 0.4) is 0 Å². The summed E-state index contributed by atoms with van der Waals surface area (Å²) in [7, 11) is 0. The molecule has 7 nitrogen and oxygen atoms in total. The van der Waals surface area contributed by atoms with E-state index in [2.05, 4.69) is 15.2 Å². The summed E-state index contributed by atoms with van der Waals surface area (Å²) in [4.78, 5) is 32.6. The maximum absolute atomic E-state index is 13.1. The molecule has 0 unspecified atom stereocenters. The molecule has 9 heteroatoms. The number of carbonyl (C=O) groups is 2. The summed E-state index contributed by atoms with van der Waals surface area (Å²) < 4.78 is 18.5. The van der Waals surface area contributed by atoms with Gasteiger partial charge in [-0.15, -0.1) is 0 Å². The number of aromatic nitrogens is 1. The largest absolute Gasteiger partial charge is 0.444 e. The van der Waals surface area contributed by atoms with Crippen molar-refractivity contribution in [3.05, 3.63) is 52.9 Å². The Bertz CT molecular complexity index is 923. The monoisotopic (exact) mass is 434 g/mol. The number of nitrogens with zero attached hydrogens (tertiary/aromatic N) is 3. The summed E-state index contributed by atoms with van der Waals surface area (Å²) in [6.45, 7) is 7.94. The van der Waals surface area contributed by atoms with Crippen molar-refractivity contribution >= 4 is 35.1 Å². The van der Waals surface area contributed by atoms with E-state index in [1.54, 1.807) is 17.2 Å². The molecule has 0 atom stereocenters. The van der Waals surface area contributed by atoms with E-state index in [1.165, 1.54) is 12.1 Å². The minimum Gasteiger partial charge on any atom is -0.444 e. The van der Waals surface area contributed by atoms with E-state index in [0.29, 0.717) is 32.0 Å². The van der Waals surface area contributed by atoms with Crippen LogP contribution in [0.15, 0.2) is 36.5 Å². The number of anilines is 2. The maximum Gasteiger partial charge on any atom is 0.410 e. The van der Waals surface area contributed by atoms with Crippen LogP contribution in [0.5, 0.6) is 0 Å². The molecule has 2 heterocycles. The first-order chi connectivity index (χ1) is 14.1. The van der Waals surface area contributed by atoms with Crippen LogP contribution < -0.4 is 10.2 Å². The molecular formula is C21H24ClFN4O3. The molecule has 1 aliphatic rings. The van der Waals surface area contributed by atoms with Gasteiger partial charge in [0.1, 0.15) is 17.2 Å². The fourth-order valence-corrected chi connectivity index (χ4v) is 3.23. The minimum atomic E-state index is -0.517. The Kier molecular flexibility index (Phi) is 6.45. The summed E-state index contributed by atoms with van der Waals surface area (Å²) in [6, 6.07) is 7.12. The highest BCUT2D eigenvalue weighted by molar-refractivity contribution is 6.34. The number of nitrogens with one attached hydrogen (secondary N) is 1. The van der Waals surface area contributed by atoms with Crippen molar-refractivity contribution in [3.63, 3.8) is 0 Å². The van der Waals surface area contributed by atoms with Crippen LogP contribution in [0, 0.1) is 5.82 Å². The predicted molar refractivity (Wildman–Crippen MR) is 114 cm³/mol. The Morgan fingerprint density at radius 3 is 2.40 bits per heavy atom. The maximum atomic E-state index is 13.1. The molecule has 0 spiro atoms. The van der Waals surface area contributed by atoms with Crippen LogP contribution >= 0.6 is 11.6 Å². The minimum absolute atomic E-state index is 0.0342. The number of carbonyl (C=O) groups excluding carboxylic acids is 2. The molecule has 1 aliphatic heterocycles. The molecule has 1 saturated heterocycles. The fourth-order valence-electron chi connectivity index (χ4n) is 2.98. The average molecular weight is 435 g/mol. The zero-order valence-corrected chi connectivity index (χ0v) is 17.9. The topological polar surface area (TPSA) is 74.8 Å². The summed E-state index contributed by atoms with van der Waals surface area (Å²) in [5.41, 5.74) is 0.537. The van der Waals surface area contributed by atoms with E-state index in [9.17, 15) is 14.0 Å². The van der Waals surface area contributed by atoms with Gasteiger partial charge in [-0.1, -0.05) is 11.6 Å². The lowest BCUT2D eigenvalue weighted by molar-refractivity contribution is 0.0240. The number of piperazine rings is 1. The van der Waals surface area contributed by atoms with E-state index >= 15 is 0 Å². The standard InChI is InChI=1S/C21H24ClFN4O3/c1-21(2,3)30-20(29)27-10-8-26(9-11-27)15-5-7-18(24-13-15)25-19(28)16-6-4-14(23)12-17(16)22/h4-7,12-13H,8-11H2,1-3H3,(H,24,25,28). The Morgan fingerprint density at radius 1 is 1.13 bits per heavy atom. The van der Waals surface area contributed by atoms with Gasteiger partial charge in [-0.3, -0.25) is 4.79 Å². The van der Waals surface area contributed by atoms with Crippen molar-refractivity contribution in [1.82, 2.24) is 9.88 Å².